The van der Waals surface area contributed by atoms with E-state index in [1.807, 2.05) is 25.3 Å². The fraction of sp³-hybridized carbons (Fsp3) is 0.308. The minimum atomic E-state index is -0.981. The van der Waals surface area contributed by atoms with E-state index in [4.69, 9.17) is 18.8 Å². The third-order valence-electron chi connectivity index (χ3n) is 6.15. The number of benzene rings is 2. The Balaban J connectivity index is 1.57. The van der Waals surface area contributed by atoms with Gasteiger partial charge in [0.1, 0.15) is 11.4 Å². The third-order valence-corrected chi connectivity index (χ3v) is 6.51. The second-order valence-electron chi connectivity index (χ2n) is 8.81. The number of amides is 1. The van der Waals surface area contributed by atoms with Crippen molar-refractivity contribution in [1.82, 2.24) is 0 Å². The molecule has 0 aliphatic carbocycles. The van der Waals surface area contributed by atoms with Crippen LogP contribution >= 0.6 is 12.2 Å². The fourth-order valence-electron chi connectivity index (χ4n) is 4.29. The predicted octanol–water partition coefficient (Wildman–Crippen LogP) is 6.28. The number of aryl methyl sites for hydroxylation is 2. The summed E-state index contributed by atoms with van der Waals surface area (Å²) in [7, 11) is 0. The maximum absolute atomic E-state index is 15.0. The van der Waals surface area contributed by atoms with E-state index in [1.54, 1.807) is 43.0 Å². The van der Waals surface area contributed by atoms with Crippen molar-refractivity contribution in [1.29, 1.82) is 0 Å². The molecule has 2 aliphatic rings. The number of nitrogens with zero attached hydrogens (tertiary/aromatic N) is 4. The van der Waals surface area contributed by atoms with Crippen LogP contribution in [0.2, 0.25) is 0 Å². The van der Waals surface area contributed by atoms with Gasteiger partial charge < -0.3 is 4.90 Å². The van der Waals surface area contributed by atoms with Crippen molar-refractivity contribution in [2.24, 2.45) is 4.99 Å². The zero-order valence-corrected chi connectivity index (χ0v) is 19.7. The molecule has 0 radical (unpaired) electrons. The Labute approximate surface area is 199 Å². The highest BCUT2D eigenvalue weighted by molar-refractivity contribution is 7.81. The Kier molecular flexibility index (Phi) is 6.13. The van der Waals surface area contributed by atoms with Crippen molar-refractivity contribution in [3.8, 4) is 0 Å². The molecule has 1 amide bonds. The van der Waals surface area contributed by atoms with E-state index >= 15 is 0 Å². The number of allylic oxidation sites excluding steroid dienone is 1. The number of anilines is 2. The lowest BCUT2D eigenvalue weighted by Crippen LogP contribution is -2.44. The molecule has 7 heteroatoms. The van der Waals surface area contributed by atoms with Gasteiger partial charge in [0.05, 0.1) is 6.57 Å². The number of hydrogen-bond donors (Lipinski definition) is 0. The van der Waals surface area contributed by atoms with Crippen molar-refractivity contribution in [2.75, 3.05) is 9.80 Å². The molecule has 2 aliphatic heterocycles. The number of thiocarbonyl (C=S) groups is 1. The molecule has 0 N–H and O–H groups in total. The van der Waals surface area contributed by atoms with Crippen LogP contribution in [0.15, 0.2) is 53.7 Å². The Morgan fingerprint density at radius 3 is 2.58 bits per heavy atom. The molecule has 4 rings (SSSR count). The molecule has 1 saturated heterocycles. The van der Waals surface area contributed by atoms with Crippen molar-refractivity contribution >= 4 is 46.0 Å². The zero-order chi connectivity index (χ0) is 23.8. The van der Waals surface area contributed by atoms with E-state index < -0.39 is 5.54 Å². The summed E-state index contributed by atoms with van der Waals surface area (Å²) in [6.45, 7) is 12.6. The van der Waals surface area contributed by atoms with Gasteiger partial charge in [-0.15, -0.1) is 0 Å². The van der Waals surface area contributed by atoms with Crippen LogP contribution in [0.5, 0.6) is 0 Å². The SMILES string of the molecule is [C-]#[N+]c1ccc(N2C(=O)C(C)(C)N(c3ccc(CCCC4=NC=CC4)c(F)c3)C2=S)cc1C. The second-order valence-corrected chi connectivity index (χ2v) is 9.18. The van der Waals surface area contributed by atoms with Crippen LogP contribution < -0.4 is 9.80 Å². The summed E-state index contributed by atoms with van der Waals surface area (Å²) in [5, 5.41) is 0.291. The Morgan fingerprint density at radius 2 is 1.94 bits per heavy atom. The quantitative estimate of drug-likeness (QED) is 0.376. The molecule has 0 aromatic heterocycles. The first kappa shape index (κ1) is 22.8. The first-order chi connectivity index (χ1) is 15.7. The van der Waals surface area contributed by atoms with Gasteiger partial charge in [0.25, 0.3) is 5.91 Å². The molecular weight excluding hydrogens is 435 g/mol. The van der Waals surface area contributed by atoms with Gasteiger partial charge in [0.2, 0.25) is 0 Å². The van der Waals surface area contributed by atoms with E-state index in [2.05, 4.69) is 9.84 Å². The standard InChI is InChI=1S/C26H25FN4OS/c1-17-15-20(12-13-23(17)28-4)30-24(32)26(2,3)31(25(30)33)21-11-10-18(22(27)16-21)7-5-8-19-9-6-14-29-19/h6,10-16H,5,7-9H2,1-3H3. The third kappa shape index (κ3) is 4.19. The maximum Gasteiger partial charge on any atom is 0.259 e. The number of hydrogen-bond acceptors (Lipinski definition) is 3. The number of rotatable bonds is 6. The molecule has 2 aromatic rings. The van der Waals surface area contributed by atoms with Crippen LogP contribution in [0.1, 0.15) is 44.2 Å². The van der Waals surface area contributed by atoms with Crippen molar-refractivity contribution < 1.29 is 9.18 Å². The van der Waals surface area contributed by atoms with Crippen LogP contribution in [0.4, 0.5) is 21.5 Å². The summed E-state index contributed by atoms with van der Waals surface area (Å²) in [6, 6.07) is 10.3. The van der Waals surface area contributed by atoms with Crippen LogP contribution in [-0.2, 0) is 11.2 Å². The summed E-state index contributed by atoms with van der Waals surface area (Å²) < 4.78 is 15.0. The molecule has 168 valence electrons. The summed E-state index contributed by atoms with van der Waals surface area (Å²) in [6.07, 6.45) is 7.03. The first-order valence-corrected chi connectivity index (χ1v) is 11.3. The molecule has 0 spiro atoms. The van der Waals surface area contributed by atoms with Gasteiger partial charge in [-0.1, -0.05) is 18.2 Å². The summed E-state index contributed by atoms with van der Waals surface area (Å²) in [5.74, 6) is -0.501. The second kappa shape index (κ2) is 8.87. The number of carbonyl (C=O) groups is 1. The average Bonchev–Trinajstić information content (AvgIpc) is 3.34. The normalized spacial score (nSPS) is 17.0. The Hall–Kier alpha value is -3.37. The minimum Gasteiger partial charge on any atom is -0.303 e. The van der Waals surface area contributed by atoms with Gasteiger partial charge in [0, 0.05) is 29.7 Å². The van der Waals surface area contributed by atoms with Gasteiger partial charge in [-0.25, -0.2) is 9.24 Å². The predicted molar refractivity (Wildman–Crippen MR) is 135 cm³/mol. The molecule has 2 heterocycles. The summed E-state index contributed by atoms with van der Waals surface area (Å²) >= 11 is 5.69. The van der Waals surface area contributed by atoms with E-state index in [1.165, 1.54) is 11.0 Å². The largest absolute Gasteiger partial charge is 0.303 e. The lowest BCUT2D eigenvalue weighted by atomic mass is 10.0. The lowest BCUT2D eigenvalue weighted by Gasteiger charge is -2.29. The lowest BCUT2D eigenvalue weighted by molar-refractivity contribution is -0.120. The van der Waals surface area contributed by atoms with Gasteiger partial charge >= 0.3 is 0 Å². The smallest absolute Gasteiger partial charge is 0.259 e. The highest BCUT2D eigenvalue weighted by Crippen LogP contribution is 2.38. The van der Waals surface area contributed by atoms with E-state index in [0.29, 0.717) is 34.2 Å². The highest BCUT2D eigenvalue weighted by Gasteiger charge is 2.50. The molecular formula is C26H25FN4OS. The Morgan fingerprint density at radius 1 is 1.18 bits per heavy atom. The zero-order valence-electron chi connectivity index (χ0n) is 18.9. The molecule has 0 saturated carbocycles. The van der Waals surface area contributed by atoms with Crippen molar-refractivity contribution in [2.45, 2.75) is 52.0 Å². The molecule has 33 heavy (non-hydrogen) atoms. The van der Waals surface area contributed by atoms with Crippen LogP contribution in [-0.4, -0.2) is 22.3 Å². The highest BCUT2D eigenvalue weighted by atomic mass is 32.1. The van der Waals surface area contributed by atoms with E-state index in [0.717, 1.165) is 30.5 Å². The topological polar surface area (TPSA) is 40.3 Å². The number of carbonyl (C=O) groups excluding carboxylic acids is 1. The minimum absolute atomic E-state index is 0.196. The molecule has 1 fully saturated rings. The molecule has 0 bridgehead atoms. The van der Waals surface area contributed by atoms with Gasteiger partial charge in [-0.05, 0) is 87.6 Å². The number of halogens is 1. The van der Waals surface area contributed by atoms with Gasteiger partial charge in [-0.3, -0.25) is 14.7 Å². The first-order valence-electron chi connectivity index (χ1n) is 10.9. The summed E-state index contributed by atoms with van der Waals surface area (Å²) in [4.78, 5) is 24.3. The summed E-state index contributed by atoms with van der Waals surface area (Å²) in [5.41, 5.74) is 3.24. The van der Waals surface area contributed by atoms with Gasteiger partial charge in [-0.2, -0.15) is 0 Å². The molecule has 5 nitrogen and oxygen atoms in total. The van der Waals surface area contributed by atoms with Crippen molar-refractivity contribution in [3.63, 3.8) is 0 Å². The molecule has 2 aromatic carbocycles. The molecule has 0 atom stereocenters. The van der Waals surface area contributed by atoms with Crippen molar-refractivity contribution in [3.05, 3.63) is 77.0 Å². The fourth-order valence-corrected chi connectivity index (χ4v) is 4.81. The van der Waals surface area contributed by atoms with Gasteiger partial charge in [0.15, 0.2) is 10.8 Å². The maximum atomic E-state index is 15.0. The van der Waals surface area contributed by atoms with Crippen LogP contribution in [0, 0.1) is 19.3 Å². The average molecular weight is 461 g/mol. The van der Waals surface area contributed by atoms with Crippen LogP contribution in [0.3, 0.4) is 0 Å². The van der Waals surface area contributed by atoms with E-state index in [9.17, 15) is 9.18 Å². The van der Waals surface area contributed by atoms with Crippen LogP contribution in [0.25, 0.3) is 4.85 Å². The Bertz CT molecular complexity index is 1240. The van der Waals surface area contributed by atoms with E-state index in [-0.39, 0.29) is 11.7 Å². The monoisotopic (exact) mass is 460 g/mol. The molecule has 0 unspecified atom stereocenters. The number of aliphatic imine (C=N–C) groups is 1.